The maximum atomic E-state index is 11.8. The number of nitrogens with one attached hydrogen (secondary N) is 1. The van der Waals surface area contributed by atoms with Crippen LogP contribution in [0.1, 0.15) is 33.6 Å². The van der Waals surface area contributed by atoms with Crippen molar-refractivity contribution in [3.05, 3.63) is 28.2 Å². The third-order valence-corrected chi connectivity index (χ3v) is 3.84. The van der Waals surface area contributed by atoms with E-state index in [1.165, 1.54) is 0 Å². The Hall–Kier alpha value is -0.970. The van der Waals surface area contributed by atoms with Crippen molar-refractivity contribution in [2.45, 2.75) is 39.7 Å². The van der Waals surface area contributed by atoms with Gasteiger partial charge in [-0.3, -0.25) is 4.79 Å². The van der Waals surface area contributed by atoms with E-state index in [-0.39, 0.29) is 30.5 Å². The van der Waals surface area contributed by atoms with Gasteiger partial charge >= 0.3 is 0 Å². The van der Waals surface area contributed by atoms with Crippen LogP contribution in [0.3, 0.4) is 0 Å². The van der Waals surface area contributed by atoms with Crippen molar-refractivity contribution in [1.29, 1.82) is 0 Å². The quantitative estimate of drug-likeness (QED) is 0.754. The van der Waals surface area contributed by atoms with E-state index in [4.69, 9.17) is 27.9 Å². The lowest BCUT2D eigenvalue weighted by Crippen LogP contribution is -2.36. The molecule has 1 atom stereocenters. The molecule has 6 heteroatoms. The summed E-state index contributed by atoms with van der Waals surface area (Å²) >= 11 is 11.7. The first-order chi connectivity index (χ1) is 10.2. The second-order valence-corrected chi connectivity index (χ2v) is 6.98. The first-order valence-corrected chi connectivity index (χ1v) is 7.98. The van der Waals surface area contributed by atoms with E-state index >= 15 is 0 Å². The fourth-order valence-corrected chi connectivity index (χ4v) is 2.41. The summed E-state index contributed by atoms with van der Waals surface area (Å²) in [7, 11) is 0. The summed E-state index contributed by atoms with van der Waals surface area (Å²) in [5.74, 6) is 0.496. The van der Waals surface area contributed by atoms with Gasteiger partial charge < -0.3 is 15.2 Å². The molecule has 0 spiro atoms. The number of hydrogen-bond acceptors (Lipinski definition) is 3. The molecule has 1 aromatic carbocycles. The van der Waals surface area contributed by atoms with Crippen LogP contribution in [0.15, 0.2) is 18.2 Å². The van der Waals surface area contributed by atoms with Crippen LogP contribution in [-0.2, 0) is 4.79 Å². The Bertz CT molecular complexity index is 504. The molecule has 1 amide bonds. The minimum absolute atomic E-state index is 0.0845. The maximum Gasteiger partial charge on any atom is 0.223 e. The fourth-order valence-electron chi connectivity index (χ4n) is 2.13. The first kappa shape index (κ1) is 19.1. The van der Waals surface area contributed by atoms with E-state index in [0.717, 1.165) is 0 Å². The van der Waals surface area contributed by atoms with Crippen molar-refractivity contribution in [2.75, 3.05) is 13.2 Å². The molecule has 0 fully saturated rings. The number of aliphatic hydroxyl groups is 1. The minimum atomic E-state index is -0.384. The van der Waals surface area contributed by atoms with E-state index in [1.54, 1.807) is 25.1 Å². The number of benzene rings is 1. The van der Waals surface area contributed by atoms with Crippen LogP contribution in [0.5, 0.6) is 5.75 Å². The highest BCUT2D eigenvalue weighted by Gasteiger charge is 2.20. The fraction of sp³-hybridized carbons (Fsp3) is 0.562. The lowest BCUT2D eigenvalue weighted by molar-refractivity contribution is -0.122. The highest BCUT2D eigenvalue weighted by Crippen LogP contribution is 2.26. The molecule has 0 heterocycles. The smallest absolute Gasteiger partial charge is 0.223 e. The molecule has 0 saturated carbocycles. The summed E-state index contributed by atoms with van der Waals surface area (Å²) in [4.78, 5) is 11.8. The normalized spacial score (nSPS) is 12.8. The van der Waals surface area contributed by atoms with Crippen LogP contribution in [-0.4, -0.2) is 30.3 Å². The van der Waals surface area contributed by atoms with Crippen molar-refractivity contribution in [2.24, 2.45) is 5.41 Å². The molecule has 0 bridgehead atoms. The largest absolute Gasteiger partial charge is 0.493 e. The van der Waals surface area contributed by atoms with Gasteiger partial charge in [-0.1, -0.05) is 37.0 Å². The lowest BCUT2D eigenvalue weighted by Gasteiger charge is -2.26. The first-order valence-electron chi connectivity index (χ1n) is 7.22. The Morgan fingerprint density at radius 3 is 2.64 bits per heavy atom. The van der Waals surface area contributed by atoms with Crippen LogP contribution < -0.4 is 10.1 Å². The molecule has 1 unspecified atom stereocenters. The third-order valence-electron chi connectivity index (χ3n) is 3.10. The standard InChI is InChI=1S/C16H23Cl2NO3/c1-11(20)9-16(2,3)10-19-15(21)6-7-22-12-4-5-13(17)14(18)8-12/h4-5,8,11,20H,6-7,9-10H2,1-3H3,(H,19,21). The molecule has 1 rings (SSSR count). The second-order valence-electron chi connectivity index (χ2n) is 6.17. The van der Waals surface area contributed by atoms with Gasteiger partial charge in [0.25, 0.3) is 0 Å². The zero-order chi connectivity index (χ0) is 16.8. The number of halogens is 2. The van der Waals surface area contributed by atoms with E-state index < -0.39 is 0 Å². The summed E-state index contributed by atoms with van der Waals surface area (Å²) in [5, 5.41) is 13.2. The highest BCUT2D eigenvalue weighted by atomic mass is 35.5. The Labute approximate surface area is 141 Å². The van der Waals surface area contributed by atoms with Crippen molar-refractivity contribution >= 4 is 29.1 Å². The molecule has 0 saturated heterocycles. The van der Waals surface area contributed by atoms with Crippen molar-refractivity contribution in [3.8, 4) is 5.75 Å². The zero-order valence-electron chi connectivity index (χ0n) is 13.2. The van der Waals surface area contributed by atoms with Crippen LogP contribution in [0.4, 0.5) is 0 Å². The number of ether oxygens (including phenoxy) is 1. The van der Waals surface area contributed by atoms with Crippen molar-refractivity contribution in [3.63, 3.8) is 0 Å². The molecule has 1 aromatic rings. The van der Waals surface area contributed by atoms with Gasteiger partial charge in [0.2, 0.25) is 5.91 Å². The van der Waals surface area contributed by atoms with Gasteiger partial charge in [0.05, 0.1) is 29.2 Å². The Balaban J connectivity index is 2.30. The molecule has 0 aromatic heterocycles. The number of carbonyl (C=O) groups excluding carboxylic acids is 1. The van der Waals surface area contributed by atoms with Gasteiger partial charge in [0.15, 0.2) is 0 Å². The number of rotatable bonds is 8. The molecule has 0 aliphatic rings. The number of hydrogen-bond donors (Lipinski definition) is 2. The topological polar surface area (TPSA) is 58.6 Å². The summed E-state index contributed by atoms with van der Waals surface area (Å²) in [6, 6.07) is 4.98. The van der Waals surface area contributed by atoms with E-state index in [0.29, 0.717) is 28.8 Å². The summed E-state index contributed by atoms with van der Waals surface area (Å²) in [5.41, 5.74) is -0.144. The van der Waals surface area contributed by atoms with E-state index in [1.807, 2.05) is 13.8 Å². The summed E-state index contributed by atoms with van der Waals surface area (Å²) < 4.78 is 5.47. The maximum absolute atomic E-state index is 11.8. The minimum Gasteiger partial charge on any atom is -0.493 e. The van der Waals surface area contributed by atoms with Gasteiger partial charge in [-0.25, -0.2) is 0 Å². The number of aliphatic hydroxyl groups excluding tert-OH is 1. The molecule has 2 N–H and O–H groups in total. The van der Waals surface area contributed by atoms with Crippen LogP contribution in [0, 0.1) is 5.41 Å². The van der Waals surface area contributed by atoms with Gasteiger partial charge in [-0.15, -0.1) is 0 Å². The molecule has 22 heavy (non-hydrogen) atoms. The average Bonchev–Trinajstić information content (AvgIpc) is 2.39. The second kappa shape index (κ2) is 8.61. The summed E-state index contributed by atoms with van der Waals surface area (Å²) in [6.45, 7) is 6.54. The Morgan fingerprint density at radius 1 is 1.36 bits per heavy atom. The Morgan fingerprint density at radius 2 is 2.05 bits per heavy atom. The number of carbonyl (C=O) groups is 1. The van der Waals surface area contributed by atoms with Gasteiger partial charge in [0, 0.05) is 12.6 Å². The monoisotopic (exact) mass is 347 g/mol. The molecule has 124 valence electrons. The molecule has 0 aliphatic carbocycles. The third kappa shape index (κ3) is 7.34. The summed E-state index contributed by atoms with van der Waals surface area (Å²) in [6.07, 6.45) is 0.503. The van der Waals surface area contributed by atoms with Gasteiger partial charge in [-0.2, -0.15) is 0 Å². The van der Waals surface area contributed by atoms with Gasteiger partial charge in [0.1, 0.15) is 5.75 Å². The predicted molar refractivity (Wildman–Crippen MR) is 89.7 cm³/mol. The highest BCUT2D eigenvalue weighted by molar-refractivity contribution is 6.42. The molecular weight excluding hydrogens is 325 g/mol. The van der Waals surface area contributed by atoms with Crippen LogP contribution >= 0.6 is 23.2 Å². The van der Waals surface area contributed by atoms with Crippen LogP contribution in [0.25, 0.3) is 0 Å². The molecule has 4 nitrogen and oxygen atoms in total. The van der Waals surface area contributed by atoms with Crippen molar-refractivity contribution in [1.82, 2.24) is 5.32 Å². The van der Waals surface area contributed by atoms with E-state index in [2.05, 4.69) is 5.32 Å². The van der Waals surface area contributed by atoms with E-state index in [9.17, 15) is 9.90 Å². The molecule has 0 aliphatic heterocycles. The lowest BCUT2D eigenvalue weighted by atomic mass is 9.87. The molecular formula is C16H23Cl2NO3. The zero-order valence-corrected chi connectivity index (χ0v) is 14.7. The van der Waals surface area contributed by atoms with Crippen LogP contribution in [0.2, 0.25) is 10.0 Å². The Kier molecular flexibility index (Phi) is 7.46. The SMILES string of the molecule is CC(O)CC(C)(C)CNC(=O)CCOc1ccc(Cl)c(Cl)c1. The van der Waals surface area contributed by atoms with Crippen molar-refractivity contribution < 1.29 is 14.6 Å². The predicted octanol–water partition coefficient (Wildman–Crippen LogP) is 3.68. The van der Waals surface area contributed by atoms with Gasteiger partial charge in [-0.05, 0) is 30.9 Å². The molecule has 0 radical (unpaired) electrons. The average molecular weight is 348 g/mol. The number of amides is 1.